The third-order valence-electron chi connectivity index (χ3n) is 4.92. The minimum atomic E-state index is 0.690. The van der Waals surface area contributed by atoms with Crippen LogP contribution in [-0.2, 0) is 4.74 Å². The summed E-state index contributed by atoms with van der Waals surface area (Å²) >= 11 is 1.71. The fourth-order valence-corrected chi connectivity index (χ4v) is 4.31. The van der Waals surface area contributed by atoms with Crippen molar-refractivity contribution in [3.05, 3.63) is 65.7 Å². The van der Waals surface area contributed by atoms with Gasteiger partial charge in [0.25, 0.3) is 0 Å². The fraction of sp³-hybridized carbons (Fsp3) is 0.409. The number of fused-ring (bicyclic) bond motifs is 1. The van der Waals surface area contributed by atoms with Crippen molar-refractivity contribution in [2.75, 3.05) is 52.5 Å². The van der Waals surface area contributed by atoms with Crippen LogP contribution in [0.3, 0.4) is 0 Å². The molecule has 2 aliphatic heterocycles. The van der Waals surface area contributed by atoms with Gasteiger partial charge in [-0.2, -0.15) is 0 Å². The molecular formula is C22H30N4OS. The monoisotopic (exact) mass is 398 g/mol. The predicted octanol–water partition coefficient (Wildman–Crippen LogP) is 3.11. The number of allylic oxidation sites excluding steroid dienone is 2. The Morgan fingerprint density at radius 1 is 1.11 bits per heavy atom. The second kappa shape index (κ2) is 10.6. The Hall–Kier alpha value is -1.86. The van der Waals surface area contributed by atoms with Gasteiger partial charge in [-0.15, -0.1) is 0 Å². The zero-order chi connectivity index (χ0) is 19.8. The summed E-state index contributed by atoms with van der Waals surface area (Å²) < 4.78 is 5.65. The minimum absolute atomic E-state index is 0.690. The van der Waals surface area contributed by atoms with Crippen molar-refractivity contribution < 1.29 is 4.74 Å². The van der Waals surface area contributed by atoms with E-state index < -0.39 is 0 Å². The van der Waals surface area contributed by atoms with Crippen molar-refractivity contribution in [1.82, 2.24) is 9.80 Å². The number of hydrogen-bond donors (Lipinski definition) is 1. The molecule has 1 aromatic rings. The summed E-state index contributed by atoms with van der Waals surface area (Å²) in [4.78, 5) is 12.1. The van der Waals surface area contributed by atoms with Crippen molar-refractivity contribution in [2.24, 2.45) is 10.7 Å². The van der Waals surface area contributed by atoms with Gasteiger partial charge in [-0.1, -0.05) is 49.2 Å². The largest absolute Gasteiger partial charge is 0.380 e. The maximum absolute atomic E-state index is 5.65. The number of hydrogen-bond acceptors (Lipinski definition) is 6. The highest BCUT2D eigenvalue weighted by molar-refractivity contribution is 8.03. The molecule has 0 spiro atoms. The maximum Gasteiger partial charge on any atom is 0.137 e. The van der Waals surface area contributed by atoms with Crippen molar-refractivity contribution >= 4 is 17.6 Å². The summed E-state index contributed by atoms with van der Waals surface area (Å²) in [7, 11) is 0. The van der Waals surface area contributed by atoms with Crippen molar-refractivity contribution in [3.63, 3.8) is 0 Å². The molecule has 0 aromatic heterocycles. The number of benzene rings is 1. The number of rotatable bonds is 8. The van der Waals surface area contributed by atoms with E-state index in [9.17, 15) is 0 Å². The van der Waals surface area contributed by atoms with Crippen LogP contribution in [0.1, 0.15) is 12.0 Å². The Morgan fingerprint density at radius 2 is 1.89 bits per heavy atom. The average Bonchev–Trinajstić information content (AvgIpc) is 2.90. The summed E-state index contributed by atoms with van der Waals surface area (Å²) in [5.41, 5.74) is 7.57. The second-order valence-electron chi connectivity index (χ2n) is 6.77. The maximum atomic E-state index is 5.65. The van der Waals surface area contributed by atoms with E-state index in [0.29, 0.717) is 6.54 Å². The van der Waals surface area contributed by atoms with Gasteiger partial charge in [-0.05, 0) is 25.1 Å². The Morgan fingerprint density at radius 3 is 2.61 bits per heavy atom. The topological polar surface area (TPSA) is 54.1 Å². The lowest BCUT2D eigenvalue weighted by Crippen LogP contribution is -2.49. The first-order chi connectivity index (χ1) is 13.8. The van der Waals surface area contributed by atoms with E-state index in [0.717, 1.165) is 68.8 Å². The molecular weight excluding hydrogens is 368 g/mol. The number of nitrogens with zero attached hydrogens (tertiary/aromatic N) is 3. The zero-order valence-electron chi connectivity index (χ0n) is 16.5. The number of aliphatic imine (C=N–C) groups is 1. The normalized spacial score (nSPS) is 17.8. The van der Waals surface area contributed by atoms with E-state index >= 15 is 0 Å². The number of piperazine rings is 1. The summed E-state index contributed by atoms with van der Waals surface area (Å²) in [6, 6.07) is 8.47. The summed E-state index contributed by atoms with van der Waals surface area (Å²) in [5.74, 6) is 1.04. The van der Waals surface area contributed by atoms with Gasteiger partial charge in [0, 0.05) is 54.7 Å². The second-order valence-corrected chi connectivity index (χ2v) is 7.86. The van der Waals surface area contributed by atoms with E-state index in [1.54, 1.807) is 11.8 Å². The van der Waals surface area contributed by atoms with Gasteiger partial charge in [0.1, 0.15) is 5.84 Å². The Balaban J connectivity index is 1.69. The summed E-state index contributed by atoms with van der Waals surface area (Å²) in [6.07, 6.45) is 4.62. The predicted molar refractivity (Wildman–Crippen MR) is 119 cm³/mol. The summed E-state index contributed by atoms with van der Waals surface area (Å²) in [6.45, 7) is 15.0. The Labute approximate surface area is 172 Å². The lowest BCUT2D eigenvalue weighted by Gasteiger charge is -2.36. The van der Waals surface area contributed by atoms with Gasteiger partial charge in [-0.3, -0.25) is 4.90 Å². The van der Waals surface area contributed by atoms with Crippen LogP contribution in [-0.4, -0.2) is 68.1 Å². The molecule has 1 fully saturated rings. The number of nitrogens with two attached hydrogens (primary N) is 1. The molecule has 0 saturated carbocycles. The molecule has 150 valence electrons. The molecule has 2 aliphatic rings. The van der Waals surface area contributed by atoms with Crippen LogP contribution in [0.4, 0.5) is 0 Å². The Bertz CT molecular complexity index is 751. The average molecular weight is 399 g/mol. The zero-order valence-corrected chi connectivity index (χ0v) is 17.3. The van der Waals surface area contributed by atoms with Gasteiger partial charge in [0.15, 0.2) is 0 Å². The van der Waals surface area contributed by atoms with Crippen LogP contribution < -0.4 is 5.73 Å². The van der Waals surface area contributed by atoms with Crippen LogP contribution in [0.2, 0.25) is 0 Å². The molecule has 3 rings (SSSR count). The Kier molecular flexibility index (Phi) is 7.91. The number of ether oxygens (including phenoxy) is 1. The molecule has 28 heavy (non-hydrogen) atoms. The van der Waals surface area contributed by atoms with E-state index in [1.165, 1.54) is 10.5 Å². The standard InChI is InChI=1S/C22H30N4OS/c1-3-19-20(4-2)28-21-9-6-5-8-18(21)22(24-19)26-13-11-25(12-14-26)15-17-27-16-7-10-23/h3-6,8-9H,1-2,7,10-17,23H2. The van der Waals surface area contributed by atoms with Crippen LogP contribution >= 0.6 is 11.8 Å². The van der Waals surface area contributed by atoms with Crippen molar-refractivity contribution in [1.29, 1.82) is 0 Å². The number of amidine groups is 1. The number of thioether (sulfide) groups is 1. The van der Waals surface area contributed by atoms with Crippen molar-refractivity contribution in [2.45, 2.75) is 11.3 Å². The van der Waals surface area contributed by atoms with Crippen LogP contribution in [0, 0.1) is 0 Å². The molecule has 5 nitrogen and oxygen atoms in total. The quantitative estimate of drug-likeness (QED) is 0.682. The van der Waals surface area contributed by atoms with E-state index in [1.807, 2.05) is 12.2 Å². The van der Waals surface area contributed by atoms with Crippen LogP contribution in [0.15, 0.2) is 70.1 Å². The molecule has 0 aliphatic carbocycles. The molecule has 0 bridgehead atoms. The van der Waals surface area contributed by atoms with Crippen LogP contribution in [0.5, 0.6) is 0 Å². The van der Waals surface area contributed by atoms with E-state index in [2.05, 4.69) is 47.2 Å². The molecule has 2 heterocycles. The molecule has 1 aromatic carbocycles. The molecule has 2 N–H and O–H groups in total. The first-order valence-electron chi connectivity index (χ1n) is 9.87. The lowest BCUT2D eigenvalue weighted by molar-refractivity contribution is 0.0883. The molecule has 0 amide bonds. The van der Waals surface area contributed by atoms with E-state index in [-0.39, 0.29) is 0 Å². The minimum Gasteiger partial charge on any atom is -0.380 e. The highest BCUT2D eigenvalue weighted by Crippen LogP contribution is 2.36. The van der Waals surface area contributed by atoms with Gasteiger partial charge in [0.05, 0.1) is 12.3 Å². The van der Waals surface area contributed by atoms with Gasteiger partial charge < -0.3 is 15.4 Å². The molecule has 0 atom stereocenters. The highest BCUT2D eigenvalue weighted by atomic mass is 32.2. The van der Waals surface area contributed by atoms with Gasteiger partial charge >= 0.3 is 0 Å². The smallest absolute Gasteiger partial charge is 0.137 e. The van der Waals surface area contributed by atoms with Crippen LogP contribution in [0.25, 0.3) is 0 Å². The SMILES string of the molecule is C=CC1=C(C=C)Sc2ccccc2C(N2CCN(CCOCCCN)CC2)=N1. The third-order valence-corrected chi connectivity index (χ3v) is 6.09. The van der Waals surface area contributed by atoms with Gasteiger partial charge in [-0.25, -0.2) is 4.99 Å². The van der Waals surface area contributed by atoms with Crippen molar-refractivity contribution in [3.8, 4) is 0 Å². The highest BCUT2D eigenvalue weighted by Gasteiger charge is 2.25. The summed E-state index contributed by atoms with van der Waals surface area (Å²) in [5, 5.41) is 0. The van der Waals surface area contributed by atoms with Gasteiger partial charge in [0.2, 0.25) is 0 Å². The third kappa shape index (κ3) is 5.14. The molecule has 0 radical (unpaired) electrons. The molecule has 6 heteroatoms. The van der Waals surface area contributed by atoms with E-state index in [4.69, 9.17) is 15.5 Å². The first-order valence-corrected chi connectivity index (χ1v) is 10.7. The molecule has 0 unspecified atom stereocenters. The fourth-order valence-electron chi connectivity index (χ4n) is 3.34. The molecule has 1 saturated heterocycles. The first kappa shape index (κ1) is 20.9. The lowest BCUT2D eigenvalue weighted by atomic mass is 10.1.